The topological polar surface area (TPSA) is 84.2 Å². The molecule has 0 bridgehead atoms. The normalized spacial score (nSPS) is 13.9. The maximum atomic E-state index is 12.3. The number of hydrogen-bond acceptors (Lipinski definition) is 4. The van der Waals surface area contributed by atoms with Crippen molar-refractivity contribution in [3.05, 3.63) is 41.8 Å². The van der Waals surface area contributed by atoms with E-state index in [9.17, 15) is 9.59 Å². The van der Waals surface area contributed by atoms with Crippen molar-refractivity contribution in [2.24, 2.45) is 5.92 Å². The average Bonchev–Trinajstić information content (AvgIpc) is 3.28. The second kappa shape index (κ2) is 6.24. The Morgan fingerprint density at radius 3 is 2.65 bits per heavy atom. The molecule has 3 rings (SSSR count). The summed E-state index contributed by atoms with van der Waals surface area (Å²) in [6.07, 6.45) is 3.04. The number of carbonyl (C=O) groups excluding carboxylic acids is 2. The van der Waals surface area contributed by atoms with Crippen LogP contribution in [0, 0.1) is 5.92 Å². The van der Waals surface area contributed by atoms with E-state index >= 15 is 0 Å². The van der Waals surface area contributed by atoms with E-state index in [1.165, 1.54) is 6.26 Å². The lowest BCUT2D eigenvalue weighted by molar-refractivity contribution is -0.117. The van der Waals surface area contributed by atoms with E-state index in [1.54, 1.807) is 0 Å². The molecule has 1 fully saturated rings. The Bertz CT molecular complexity index is 732. The monoisotopic (exact) mass is 313 g/mol. The molecule has 2 amide bonds. The summed E-state index contributed by atoms with van der Waals surface area (Å²) in [7, 11) is 0. The molecule has 1 aliphatic rings. The summed E-state index contributed by atoms with van der Waals surface area (Å²) in [6, 6.07) is 7.69. The molecular formula is C17H19N3O3. The highest BCUT2D eigenvalue weighted by Crippen LogP contribution is 2.30. The third kappa shape index (κ3) is 3.59. The molecule has 2 aromatic rings. The standard InChI is InChI=1S/C17H19N3O3/c1-10(2)12-5-3-4-6-13(12)18-16(22)14-9-23-17(19-14)20-15(21)11-7-8-11/h3-6,9-11H,7-8H2,1-2H3,(H,18,22)(H,19,20,21). The van der Waals surface area contributed by atoms with E-state index in [0.717, 1.165) is 24.1 Å². The molecular weight excluding hydrogens is 294 g/mol. The zero-order valence-electron chi connectivity index (χ0n) is 13.1. The van der Waals surface area contributed by atoms with Crippen LogP contribution in [0.2, 0.25) is 0 Å². The van der Waals surface area contributed by atoms with Crippen molar-refractivity contribution in [3.8, 4) is 0 Å². The molecule has 1 saturated carbocycles. The zero-order valence-corrected chi connectivity index (χ0v) is 13.1. The third-order valence-electron chi connectivity index (χ3n) is 3.75. The number of para-hydroxylation sites is 1. The van der Waals surface area contributed by atoms with Crippen LogP contribution < -0.4 is 10.6 Å². The quantitative estimate of drug-likeness (QED) is 0.886. The van der Waals surface area contributed by atoms with Crippen molar-refractivity contribution in [1.82, 2.24) is 4.98 Å². The molecule has 2 N–H and O–H groups in total. The molecule has 0 spiro atoms. The van der Waals surface area contributed by atoms with Crippen LogP contribution in [0.25, 0.3) is 0 Å². The number of benzene rings is 1. The molecule has 1 aromatic heterocycles. The van der Waals surface area contributed by atoms with Gasteiger partial charge in [-0.25, -0.2) is 0 Å². The van der Waals surface area contributed by atoms with Gasteiger partial charge in [0, 0.05) is 11.6 Å². The summed E-state index contributed by atoms with van der Waals surface area (Å²) in [4.78, 5) is 28.0. The molecule has 6 nitrogen and oxygen atoms in total. The van der Waals surface area contributed by atoms with E-state index in [-0.39, 0.29) is 35.4 Å². The molecule has 1 heterocycles. The number of anilines is 2. The zero-order chi connectivity index (χ0) is 16.4. The maximum absolute atomic E-state index is 12.3. The second-order valence-corrected chi connectivity index (χ2v) is 6.00. The summed E-state index contributed by atoms with van der Waals surface area (Å²) >= 11 is 0. The van der Waals surface area contributed by atoms with Crippen molar-refractivity contribution in [1.29, 1.82) is 0 Å². The SMILES string of the molecule is CC(C)c1ccccc1NC(=O)c1coc(NC(=O)C2CC2)n1. The highest BCUT2D eigenvalue weighted by molar-refractivity contribution is 6.03. The minimum atomic E-state index is -0.367. The molecule has 6 heteroatoms. The Balaban J connectivity index is 1.69. The van der Waals surface area contributed by atoms with E-state index in [2.05, 4.69) is 29.5 Å². The van der Waals surface area contributed by atoms with Gasteiger partial charge in [0.05, 0.1) is 0 Å². The molecule has 1 aromatic carbocycles. The van der Waals surface area contributed by atoms with Gasteiger partial charge < -0.3 is 9.73 Å². The molecule has 0 unspecified atom stereocenters. The number of hydrogen-bond donors (Lipinski definition) is 2. The Labute approximate surface area is 134 Å². The molecule has 0 aliphatic heterocycles. The predicted octanol–water partition coefficient (Wildman–Crippen LogP) is 3.40. The fourth-order valence-electron chi connectivity index (χ4n) is 2.29. The lowest BCUT2D eigenvalue weighted by Gasteiger charge is -2.12. The van der Waals surface area contributed by atoms with Crippen molar-refractivity contribution in [2.75, 3.05) is 10.6 Å². The van der Waals surface area contributed by atoms with Gasteiger partial charge in [0.25, 0.3) is 5.91 Å². The minimum Gasteiger partial charge on any atom is -0.431 e. The van der Waals surface area contributed by atoms with Gasteiger partial charge in [0.15, 0.2) is 5.69 Å². The smallest absolute Gasteiger partial charge is 0.302 e. The van der Waals surface area contributed by atoms with Gasteiger partial charge in [-0.2, -0.15) is 4.98 Å². The molecule has 0 radical (unpaired) electrons. The number of carbonyl (C=O) groups is 2. The summed E-state index contributed by atoms with van der Waals surface area (Å²) in [5, 5.41) is 5.41. The van der Waals surface area contributed by atoms with Crippen LogP contribution in [0.1, 0.15) is 48.7 Å². The Hall–Kier alpha value is -2.63. The number of nitrogens with zero attached hydrogens (tertiary/aromatic N) is 1. The van der Waals surface area contributed by atoms with Crippen molar-refractivity contribution >= 4 is 23.5 Å². The number of amides is 2. The van der Waals surface area contributed by atoms with Crippen LogP contribution in [0.4, 0.5) is 11.7 Å². The Kier molecular flexibility index (Phi) is 4.14. The molecule has 1 aliphatic carbocycles. The fraction of sp³-hybridized carbons (Fsp3) is 0.353. The number of oxazole rings is 1. The third-order valence-corrected chi connectivity index (χ3v) is 3.75. The molecule has 120 valence electrons. The lowest BCUT2D eigenvalue weighted by Crippen LogP contribution is -2.16. The van der Waals surface area contributed by atoms with Gasteiger partial charge in [-0.3, -0.25) is 14.9 Å². The number of nitrogens with one attached hydrogen (secondary N) is 2. The van der Waals surface area contributed by atoms with Crippen LogP contribution in [-0.2, 0) is 4.79 Å². The lowest BCUT2D eigenvalue weighted by atomic mass is 10.0. The largest absolute Gasteiger partial charge is 0.431 e. The van der Waals surface area contributed by atoms with E-state index in [0.29, 0.717) is 0 Å². The summed E-state index contributed by atoms with van der Waals surface area (Å²) < 4.78 is 5.15. The van der Waals surface area contributed by atoms with Gasteiger partial charge >= 0.3 is 6.01 Å². The first-order chi connectivity index (χ1) is 11.0. The van der Waals surface area contributed by atoms with Crippen LogP contribution >= 0.6 is 0 Å². The second-order valence-electron chi connectivity index (χ2n) is 6.00. The summed E-state index contributed by atoms with van der Waals surface area (Å²) in [5.41, 5.74) is 1.93. The van der Waals surface area contributed by atoms with Crippen LogP contribution in [-0.4, -0.2) is 16.8 Å². The predicted molar refractivity (Wildman–Crippen MR) is 86.3 cm³/mol. The molecule has 0 saturated heterocycles. The summed E-state index contributed by atoms with van der Waals surface area (Å²) in [5.74, 6) is -0.132. The van der Waals surface area contributed by atoms with Gasteiger partial charge in [0.1, 0.15) is 6.26 Å². The van der Waals surface area contributed by atoms with Gasteiger partial charge in [-0.1, -0.05) is 32.0 Å². The first-order valence-corrected chi connectivity index (χ1v) is 7.71. The molecule has 0 atom stereocenters. The first kappa shape index (κ1) is 15.3. The van der Waals surface area contributed by atoms with Crippen molar-refractivity contribution in [2.45, 2.75) is 32.6 Å². The van der Waals surface area contributed by atoms with Gasteiger partial charge in [-0.05, 0) is 30.4 Å². The first-order valence-electron chi connectivity index (χ1n) is 7.71. The highest BCUT2D eigenvalue weighted by Gasteiger charge is 2.30. The van der Waals surface area contributed by atoms with Gasteiger partial charge in [-0.15, -0.1) is 0 Å². The van der Waals surface area contributed by atoms with E-state index < -0.39 is 0 Å². The Morgan fingerprint density at radius 1 is 1.22 bits per heavy atom. The Morgan fingerprint density at radius 2 is 1.96 bits per heavy atom. The van der Waals surface area contributed by atoms with E-state index in [1.807, 2.05) is 24.3 Å². The number of aromatic nitrogens is 1. The highest BCUT2D eigenvalue weighted by atomic mass is 16.4. The fourth-order valence-corrected chi connectivity index (χ4v) is 2.29. The van der Waals surface area contributed by atoms with Crippen LogP contribution in [0.3, 0.4) is 0 Å². The van der Waals surface area contributed by atoms with Crippen LogP contribution in [0.5, 0.6) is 0 Å². The number of rotatable bonds is 5. The van der Waals surface area contributed by atoms with Gasteiger partial charge in [0.2, 0.25) is 5.91 Å². The molecule has 23 heavy (non-hydrogen) atoms. The summed E-state index contributed by atoms with van der Waals surface area (Å²) in [6.45, 7) is 4.12. The van der Waals surface area contributed by atoms with Crippen molar-refractivity contribution < 1.29 is 14.0 Å². The van der Waals surface area contributed by atoms with Crippen LogP contribution in [0.15, 0.2) is 34.9 Å². The maximum Gasteiger partial charge on any atom is 0.302 e. The minimum absolute atomic E-state index is 0.0529. The van der Waals surface area contributed by atoms with Crippen molar-refractivity contribution in [3.63, 3.8) is 0 Å². The average molecular weight is 313 g/mol. The van der Waals surface area contributed by atoms with E-state index in [4.69, 9.17) is 4.42 Å².